The second-order valence-electron chi connectivity index (χ2n) is 7.34. The third-order valence-corrected chi connectivity index (χ3v) is 5.65. The number of nitrogens with zero attached hydrogens (tertiary/aromatic N) is 2. The van der Waals surface area contributed by atoms with E-state index < -0.39 is 5.97 Å². The Hall–Kier alpha value is -3.22. The van der Waals surface area contributed by atoms with E-state index in [0.29, 0.717) is 43.2 Å². The Kier molecular flexibility index (Phi) is 5.52. The Morgan fingerprint density at radius 2 is 1.74 bits per heavy atom. The number of carboxylic acid groups (broad SMARTS) is 1. The van der Waals surface area contributed by atoms with Crippen LogP contribution in [0.1, 0.15) is 0 Å². The van der Waals surface area contributed by atoms with E-state index in [1.165, 1.54) is 0 Å². The second kappa shape index (κ2) is 8.13. The van der Waals surface area contributed by atoms with E-state index in [-0.39, 0.29) is 12.0 Å². The highest BCUT2D eigenvalue weighted by Gasteiger charge is 2.20. The number of aromatic nitrogens is 1. The first kappa shape index (κ1) is 21.0. The van der Waals surface area contributed by atoms with Crippen LogP contribution in [0.4, 0.5) is 17.1 Å². The molecule has 0 spiro atoms. The van der Waals surface area contributed by atoms with Gasteiger partial charge in [0.2, 0.25) is 0 Å². The number of hydrogen-bond donors (Lipinski definition) is 2. The summed E-state index contributed by atoms with van der Waals surface area (Å²) in [7, 11) is 3.59. The number of halogens is 2. The number of carbonyl (C=O) groups is 1. The summed E-state index contributed by atoms with van der Waals surface area (Å²) in [5.74, 6) is -1.04. The first-order valence-corrected chi connectivity index (χ1v) is 10.2. The van der Waals surface area contributed by atoms with E-state index >= 15 is 0 Å². The number of anilines is 3. The van der Waals surface area contributed by atoms with Crippen molar-refractivity contribution in [2.24, 2.45) is 0 Å². The molecule has 4 aromatic rings. The van der Waals surface area contributed by atoms with Gasteiger partial charge in [0, 0.05) is 30.6 Å². The Balaban J connectivity index is 2.12. The minimum absolute atomic E-state index is 0.237. The highest BCUT2D eigenvalue weighted by molar-refractivity contribution is 6.35. The molecule has 0 atom stereocenters. The van der Waals surface area contributed by atoms with E-state index in [9.17, 15) is 14.7 Å². The lowest BCUT2D eigenvalue weighted by atomic mass is 10.1. The Morgan fingerprint density at radius 3 is 2.39 bits per heavy atom. The normalized spacial score (nSPS) is 11.1. The lowest BCUT2D eigenvalue weighted by Gasteiger charge is -2.22. The zero-order valence-corrected chi connectivity index (χ0v) is 18.3. The summed E-state index contributed by atoms with van der Waals surface area (Å²) in [6, 6.07) is 16.0. The van der Waals surface area contributed by atoms with Crippen molar-refractivity contribution in [1.29, 1.82) is 0 Å². The molecule has 0 saturated heterocycles. The standard InChI is InChI=1S/C23H19Cl2N3O3/c1-27(2)22-16(24)9-8-14-21(22)28(12-20(29)30)19-11-18(17(25)10-15(19)23(14)31)26-13-6-4-3-5-7-13/h3-11,26H,12H2,1-2H3,(H,29,30). The molecule has 0 fully saturated rings. The number of para-hydroxylation sites is 1. The van der Waals surface area contributed by atoms with Crippen molar-refractivity contribution in [3.63, 3.8) is 0 Å². The molecule has 1 aromatic heterocycles. The van der Waals surface area contributed by atoms with E-state index in [1.54, 1.807) is 47.8 Å². The van der Waals surface area contributed by atoms with Crippen molar-refractivity contribution in [1.82, 2.24) is 4.57 Å². The Morgan fingerprint density at radius 1 is 1.03 bits per heavy atom. The van der Waals surface area contributed by atoms with Crippen LogP contribution in [0.2, 0.25) is 10.0 Å². The number of carboxylic acids is 1. The topological polar surface area (TPSA) is 74.6 Å². The molecule has 0 aliphatic heterocycles. The van der Waals surface area contributed by atoms with Crippen LogP contribution in [0.3, 0.4) is 0 Å². The molecule has 0 aliphatic rings. The van der Waals surface area contributed by atoms with Crippen LogP contribution in [0.25, 0.3) is 21.8 Å². The molecular weight excluding hydrogens is 437 g/mol. The number of rotatable bonds is 5. The molecule has 4 rings (SSSR count). The molecule has 3 aromatic carbocycles. The highest BCUT2D eigenvalue weighted by atomic mass is 35.5. The average molecular weight is 456 g/mol. The molecule has 0 bridgehead atoms. The first-order chi connectivity index (χ1) is 14.8. The summed E-state index contributed by atoms with van der Waals surface area (Å²) in [6.45, 7) is -0.346. The lowest BCUT2D eigenvalue weighted by Crippen LogP contribution is -2.20. The average Bonchev–Trinajstić information content (AvgIpc) is 2.72. The summed E-state index contributed by atoms with van der Waals surface area (Å²) in [5.41, 5.74) is 2.63. The fraction of sp³-hybridized carbons (Fsp3) is 0.130. The predicted molar refractivity (Wildman–Crippen MR) is 127 cm³/mol. The van der Waals surface area contributed by atoms with Crippen molar-refractivity contribution >= 4 is 68.0 Å². The minimum atomic E-state index is -1.04. The molecule has 158 valence electrons. The molecule has 8 heteroatoms. The van der Waals surface area contributed by atoms with Gasteiger partial charge in [0.15, 0.2) is 5.43 Å². The zero-order valence-electron chi connectivity index (χ0n) is 16.8. The minimum Gasteiger partial charge on any atom is -0.480 e. The van der Waals surface area contributed by atoms with Gasteiger partial charge in [-0.2, -0.15) is 0 Å². The summed E-state index contributed by atoms with van der Waals surface area (Å²) in [6.07, 6.45) is 0. The molecule has 0 saturated carbocycles. The van der Waals surface area contributed by atoms with Gasteiger partial charge in [0.05, 0.1) is 32.5 Å². The van der Waals surface area contributed by atoms with Crippen LogP contribution >= 0.6 is 23.2 Å². The number of aliphatic carboxylic acids is 1. The monoisotopic (exact) mass is 455 g/mol. The molecule has 0 aliphatic carbocycles. The SMILES string of the molecule is CN(C)c1c(Cl)ccc2c(=O)c3cc(Cl)c(Nc4ccccc4)cc3n(CC(=O)O)c12. The third kappa shape index (κ3) is 3.80. The van der Waals surface area contributed by atoms with Gasteiger partial charge in [0.25, 0.3) is 0 Å². The second-order valence-corrected chi connectivity index (χ2v) is 8.15. The van der Waals surface area contributed by atoms with Gasteiger partial charge in [-0.1, -0.05) is 41.4 Å². The third-order valence-electron chi connectivity index (χ3n) is 5.03. The van der Waals surface area contributed by atoms with Crippen LogP contribution in [0.5, 0.6) is 0 Å². The number of pyridine rings is 1. The van der Waals surface area contributed by atoms with Crippen LogP contribution < -0.4 is 15.6 Å². The van der Waals surface area contributed by atoms with E-state index in [4.69, 9.17) is 23.2 Å². The van der Waals surface area contributed by atoms with Gasteiger partial charge in [-0.25, -0.2) is 0 Å². The van der Waals surface area contributed by atoms with E-state index in [1.807, 2.05) is 30.3 Å². The molecule has 0 amide bonds. The van der Waals surface area contributed by atoms with Crippen LogP contribution in [-0.4, -0.2) is 29.7 Å². The van der Waals surface area contributed by atoms with Gasteiger partial charge in [-0.05, 0) is 36.4 Å². The van der Waals surface area contributed by atoms with Crippen molar-refractivity contribution in [2.45, 2.75) is 6.54 Å². The van der Waals surface area contributed by atoms with Gasteiger partial charge in [-0.15, -0.1) is 0 Å². The number of benzene rings is 3. The maximum Gasteiger partial charge on any atom is 0.323 e. The zero-order chi connectivity index (χ0) is 22.3. The highest BCUT2D eigenvalue weighted by Crippen LogP contribution is 2.36. The molecule has 0 unspecified atom stereocenters. The maximum atomic E-state index is 13.3. The molecule has 6 nitrogen and oxygen atoms in total. The van der Waals surface area contributed by atoms with Crippen molar-refractivity contribution < 1.29 is 9.90 Å². The van der Waals surface area contributed by atoms with Crippen molar-refractivity contribution in [2.75, 3.05) is 24.3 Å². The van der Waals surface area contributed by atoms with Gasteiger partial charge in [-0.3, -0.25) is 9.59 Å². The molecule has 31 heavy (non-hydrogen) atoms. The van der Waals surface area contributed by atoms with Gasteiger partial charge >= 0.3 is 5.97 Å². The Bertz CT molecular complexity index is 1380. The lowest BCUT2D eigenvalue weighted by molar-refractivity contribution is -0.137. The van der Waals surface area contributed by atoms with E-state index in [0.717, 1.165) is 5.69 Å². The van der Waals surface area contributed by atoms with Gasteiger partial charge in [0.1, 0.15) is 6.54 Å². The fourth-order valence-electron chi connectivity index (χ4n) is 3.74. The molecule has 2 N–H and O–H groups in total. The quantitative estimate of drug-likeness (QED) is 0.396. The van der Waals surface area contributed by atoms with Crippen LogP contribution in [0.15, 0.2) is 59.4 Å². The van der Waals surface area contributed by atoms with Crippen LogP contribution in [-0.2, 0) is 11.3 Å². The van der Waals surface area contributed by atoms with Crippen molar-refractivity contribution in [3.05, 3.63) is 74.9 Å². The number of fused-ring (bicyclic) bond motifs is 2. The summed E-state index contributed by atoms with van der Waals surface area (Å²) >= 11 is 12.9. The largest absolute Gasteiger partial charge is 0.480 e. The smallest absolute Gasteiger partial charge is 0.323 e. The maximum absolute atomic E-state index is 13.3. The summed E-state index contributed by atoms with van der Waals surface area (Å²) in [5, 5.41) is 14.4. The van der Waals surface area contributed by atoms with E-state index in [2.05, 4.69) is 5.32 Å². The Labute approximate surface area is 188 Å². The fourth-order valence-corrected chi connectivity index (χ4v) is 4.27. The molecule has 1 heterocycles. The van der Waals surface area contributed by atoms with Gasteiger partial charge < -0.3 is 19.9 Å². The summed E-state index contributed by atoms with van der Waals surface area (Å²) in [4.78, 5) is 26.9. The summed E-state index contributed by atoms with van der Waals surface area (Å²) < 4.78 is 1.60. The molecule has 0 radical (unpaired) electrons. The predicted octanol–water partition coefficient (Wildman–Crippen LogP) is 5.36. The van der Waals surface area contributed by atoms with Crippen LogP contribution in [0, 0.1) is 0 Å². The first-order valence-electron chi connectivity index (χ1n) is 9.47. The number of nitrogens with one attached hydrogen (secondary N) is 1. The molecular formula is C23H19Cl2N3O3. The number of hydrogen-bond acceptors (Lipinski definition) is 4. The van der Waals surface area contributed by atoms with Crippen molar-refractivity contribution in [3.8, 4) is 0 Å².